The molecule has 0 aliphatic rings. The first-order chi connectivity index (χ1) is 6.61. The van der Waals surface area contributed by atoms with Gasteiger partial charge in [-0.3, -0.25) is 0 Å². The maximum Gasteiger partial charge on any atom is 0.341 e. The van der Waals surface area contributed by atoms with E-state index < -0.39 is 5.97 Å². The predicted molar refractivity (Wildman–Crippen MR) is 48.5 cm³/mol. The van der Waals surface area contributed by atoms with Gasteiger partial charge in [0.2, 0.25) is 0 Å². The van der Waals surface area contributed by atoms with Crippen LogP contribution < -0.4 is 10.5 Å². The second-order valence-electron chi connectivity index (χ2n) is 2.27. The van der Waals surface area contributed by atoms with Gasteiger partial charge in [-0.15, -0.1) is 0 Å². The first kappa shape index (κ1) is 12.3. The number of aromatic carboxylic acids is 1. The molecule has 0 fully saturated rings. The molecule has 6 nitrogen and oxygen atoms in total. The van der Waals surface area contributed by atoms with Crippen LogP contribution in [-0.2, 0) is 0 Å². The topological polar surface area (TPSA) is 110 Å². The first-order valence-electron chi connectivity index (χ1n) is 3.85. The Labute approximate surface area is 80.8 Å². The van der Waals surface area contributed by atoms with E-state index in [0.717, 1.165) is 6.20 Å². The molecule has 14 heavy (non-hydrogen) atoms. The smallest absolute Gasteiger partial charge is 0.341 e. The third-order valence-electron chi connectivity index (χ3n) is 1.15. The molecule has 0 atom stereocenters. The fourth-order valence-corrected chi connectivity index (χ4v) is 0.581. The zero-order chi connectivity index (χ0) is 11.0. The molecular formula is C8H12N2O4. The van der Waals surface area contributed by atoms with E-state index in [1.807, 2.05) is 0 Å². The summed E-state index contributed by atoms with van der Waals surface area (Å²) in [5.74, 6) is -1.09. The number of hydrogen-bond acceptors (Lipinski definition) is 4. The Morgan fingerprint density at radius 3 is 2.50 bits per heavy atom. The Balaban J connectivity index is 0.000000364. The molecule has 6 heteroatoms. The maximum absolute atomic E-state index is 10.4. The number of rotatable bonds is 2. The molecule has 0 unspecified atom stereocenters. The Morgan fingerprint density at radius 2 is 2.21 bits per heavy atom. The van der Waals surface area contributed by atoms with Crippen LogP contribution in [0.3, 0.4) is 0 Å². The Hall–Kier alpha value is -1.66. The highest BCUT2D eigenvalue weighted by molar-refractivity contribution is 5.86. The summed E-state index contributed by atoms with van der Waals surface area (Å²) >= 11 is 0. The quantitative estimate of drug-likeness (QED) is 0.417. The van der Waals surface area contributed by atoms with Gasteiger partial charge in [-0.1, -0.05) is 0 Å². The molecule has 1 aromatic rings. The van der Waals surface area contributed by atoms with Gasteiger partial charge in [0.1, 0.15) is 5.56 Å². The van der Waals surface area contributed by atoms with Crippen molar-refractivity contribution in [1.82, 2.24) is 0 Å². The van der Waals surface area contributed by atoms with Crippen molar-refractivity contribution < 1.29 is 19.7 Å². The average Bonchev–Trinajstić information content (AvgIpc) is 2.18. The number of nitrogens with zero attached hydrogens (tertiary/aromatic N) is 1. The lowest BCUT2D eigenvalue weighted by atomic mass is 10.3. The number of aliphatic hydroxyl groups is 1. The van der Waals surface area contributed by atoms with E-state index in [-0.39, 0.29) is 12.2 Å². The molecule has 0 radical (unpaired) electrons. The summed E-state index contributed by atoms with van der Waals surface area (Å²) in [6.45, 7) is 0.472. The number of aliphatic hydroxyl groups excluding tert-OH is 1. The van der Waals surface area contributed by atoms with Gasteiger partial charge in [0.05, 0.1) is 6.61 Å². The van der Waals surface area contributed by atoms with E-state index in [4.69, 9.17) is 15.9 Å². The molecule has 0 saturated heterocycles. The zero-order valence-electron chi connectivity index (χ0n) is 7.46. The van der Waals surface area contributed by atoms with Crippen LogP contribution in [0.15, 0.2) is 24.5 Å². The Bertz CT molecular complexity index is 288. The van der Waals surface area contributed by atoms with Crippen molar-refractivity contribution in [1.29, 1.82) is 0 Å². The van der Waals surface area contributed by atoms with Crippen molar-refractivity contribution in [3.63, 3.8) is 0 Å². The third kappa shape index (κ3) is 5.07. The standard InChI is InChI=1S/C6H5NO3.C2H7NO/c8-6(9)5-2-1-3-7(10)4-5;3-1-2-4/h1-4H,(H,8,9);4H,1-3H2. The summed E-state index contributed by atoms with van der Waals surface area (Å²) in [5.41, 5.74) is 4.78. The Morgan fingerprint density at radius 1 is 1.64 bits per heavy atom. The third-order valence-corrected chi connectivity index (χ3v) is 1.15. The molecule has 0 bridgehead atoms. The van der Waals surface area contributed by atoms with E-state index >= 15 is 0 Å². The van der Waals surface area contributed by atoms with Crippen LogP contribution in [-0.4, -0.2) is 29.3 Å². The minimum atomic E-state index is -1.09. The van der Waals surface area contributed by atoms with Gasteiger partial charge in [0.25, 0.3) is 0 Å². The molecule has 0 aromatic carbocycles. The van der Waals surface area contributed by atoms with Gasteiger partial charge in [-0.05, 0) is 6.07 Å². The normalized spacial score (nSPS) is 8.71. The van der Waals surface area contributed by atoms with Crippen LogP contribution in [0.5, 0.6) is 0 Å². The van der Waals surface area contributed by atoms with E-state index in [9.17, 15) is 10.0 Å². The summed E-state index contributed by atoms with van der Waals surface area (Å²) in [4.78, 5) is 10.2. The van der Waals surface area contributed by atoms with Crippen LogP contribution in [0, 0.1) is 5.21 Å². The van der Waals surface area contributed by atoms with Gasteiger partial charge in [-0.2, -0.15) is 4.73 Å². The fourth-order valence-electron chi connectivity index (χ4n) is 0.581. The van der Waals surface area contributed by atoms with E-state index in [2.05, 4.69) is 0 Å². The second-order valence-corrected chi connectivity index (χ2v) is 2.27. The van der Waals surface area contributed by atoms with Crippen molar-refractivity contribution in [2.45, 2.75) is 0 Å². The molecule has 0 aliphatic heterocycles. The van der Waals surface area contributed by atoms with Gasteiger partial charge in [0.15, 0.2) is 12.4 Å². The molecule has 0 aliphatic carbocycles. The largest absolute Gasteiger partial charge is 0.619 e. The highest BCUT2D eigenvalue weighted by atomic mass is 16.5. The molecule has 0 saturated carbocycles. The number of carboxylic acid groups (broad SMARTS) is 1. The van der Waals surface area contributed by atoms with Crippen LogP contribution in [0.4, 0.5) is 0 Å². The maximum atomic E-state index is 10.4. The molecule has 78 valence electrons. The molecular weight excluding hydrogens is 188 g/mol. The van der Waals surface area contributed by atoms with Crippen LogP contribution in [0.2, 0.25) is 0 Å². The van der Waals surface area contributed by atoms with Gasteiger partial charge < -0.3 is 21.2 Å². The van der Waals surface area contributed by atoms with Crippen molar-refractivity contribution in [3.8, 4) is 0 Å². The van der Waals surface area contributed by atoms with Crippen LogP contribution >= 0.6 is 0 Å². The van der Waals surface area contributed by atoms with Crippen molar-refractivity contribution in [2.75, 3.05) is 13.2 Å². The SMILES string of the molecule is NCCO.O=C(O)c1ccc[n+]([O-])c1. The summed E-state index contributed by atoms with van der Waals surface area (Å²) in [6, 6.07) is 2.74. The predicted octanol–water partition coefficient (Wildman–Crippen LogP) is -1.04. The number of pyridine rings is 1. The Kier molecular flexibility index (Phi) is 6.01. The van der Waals surface area contributed by atoms with Crippen molar-refractivity contribution >= 4 is 5.97 Å². The highest BCUT2D eigenvalue weighted by Gasteiger charge is 2.03. The lowest BCUT2D eigenvalue weighted by molar-refractivity contribution is -0.605. The lowest BCUT2D eigenvalue weighted by Gasteiger charge is -1.94. The van der Waals surface area contributed by atoms with E-state index in [0.29, 0.717) is 11.3 Å². The number of nitrogens with two attached hydrogens (primary N) is 1. The van der Waals surface area contributed by atoms with Gasteiger partial charge in [0, 0.05) is 12.6 Å². The molecule has 4 N–H and O–H groups in total. The van der Waals surface area contributed by atoms with E-state index in [1.54, 1.807) is 0 Å². The van der Waals surface area contributed by atoms with Crippen molar-refractivity contribution in [2.24, 2.45) is 5.73 Å². The first-order valence-corrected chi connectivity index (χ1v) is 3.85. The molecule has 0 spiro atoms. The summed E-state index contributed by atoms with van der Waals surface area (Å²) in [7, 11) is 0. The summed E-state index contributed by atoms with van der Waals surface area (Å²) in [5, 5.41) is 26.6. The van der Waals surface area contributed by atoms with Crippen molar-refractivity contribution in [3.05, 3.63) is 35.3 Å². The summed E-state index contributed by atoms with van der Waals surface area (Å²) in [6.07, 6.45) is 2.23. The number of hydrogen-bond donors (Lipinski definition) is 3. The number of carbonyl (C=O) groups is 1. The van der Waals surface area contributed by atoms with Crippen LogP contribution in [0.1, 0.15) is 10.4 Å². The minimum Gasteiger partial charge on any atom is -0.619 e. The molecule has 1 heterocycles. The second kappa shape index (κ2) is 6.81. The van der Waals surface area contributed by atoms with Crippen LogP contribution in [0.25, 0.3) is 0 Å². The number of aromatic nitrogens is 1. The monoisotopic (exact) mass is 200 g/mol. The summed E-state index contributed by atoms with van der Waals surface area (Å²) < 4.78 is 0.448. The van der Waals surface area contributed by atoms with E-state index in [1.165, 1.54) is 18.3 Å². The molecule has 0 amide bonds. The van der Waals surface area contributed by atoms with Gasteiger partial charge >= 0.3 is 5.97 Å². The molecule has 1 aromatic heterocycles. The lowest BCUT2D eigenvalue weighted by Crippen LogP contribution is -2.25. The zero-order valence-corrected chi connectivity index (χ0v) is 7.46. The molecule has 1 rings (SSSR count). The fraction of sp³-hybridized carbons (Fsp3) is 0.250. The highest BCUT2D eigenvalue weighted by Crippen LogP contribution is 1.91. The number of carboxylic acids is 1. The average molecular weight is 200 g/mol. The minimum absolute atomic E-state index is 0.00231. The van der Waals surface area contributed by atoms with Gasteiger partial charge in [-0.25, -0.2) is 4.79 Å².